The Balaban J connectivity index is 1.57. The zero-order chi connectivity index (χ0) is 24.1. The summed E-state index contributed by atoms with van der Waals surface area (Å²) in [7, 11) is 0. The quantitative estimate of drug-likeness (QED) is 0.305. The van der Waals surface area contributed by atoms with Crippen molar-refractivity contribution in [2.45, 2.75) is 44.6 Å². The third-order valence-electron chi connectivity index (χ3n) is 5.65. The van der Waals surface area contributed by atoms with Crippen molar-refractivity contribution in [3.05, 3.63) is 41.0 Å². The molecule has 0 aliphatic carbocycles. The fraction of sp³-hybridized carbons (Fsp3) is 0.409. The summed E-state index contributed by atoms with van der Waals surface area (Å²) in [6.45, 7) is 2.85. The highest BCUT2D eigenvalue weighted by atomic mass is 16.4. The molecule has 3 rings (SSSR count). The molecule has 1 aliphatic rings. The fourth-order valence-corrected chi connectivity index (χ4v) is 4.10. The first-order valence-corrected chi connectivity index (χ1v) is 10.6. The van der Waals surface area contributed by atoms with E-state index in [1.54, 1.807) is 12.1 Å². The lowest BCUT2D eigenvalue weighted by atomic mass is 9.88. The molecule has 11 heteroatoms. The Hall–Kier alpha value is -3.89. The molecule has 0 bridgehead atoms. The minimum atomic E-state index is -1.27. The van der Waals surface area contributed by atoms with Gasteiger partial charge in [0.25, 0.3) is 5.91 Å². The van der Waals surface area contributed by atoms with Crippen molar-refractivity contribution in [1.29, 1.82) is 0 Å². The van der Waals surface area contributed by atoms with Crippen LogP contribution in [0.5, 0.6) is 0 Å². The molecule has 8 N–H and O–H groups in total. The Bertz CT molecular complexity index is 1040. The van der Waals surface area contributed by atoms with Crippen molar-refractivity contribution in [2.24, 2.45) is 5.92 Å². The number of carboxylic acid groups (broad SMARTS) is 2. The second-order valence-corrected chi connectivity index (χ2v) is 8.35. The predicted octanol–water partition coefficient (Wildman–Crippen LogP) is 1.47. The van der Waals surface area contributed by atoms with Gasteiger partial charge in [0.15, 0.2) is 0 Å². The summed E-state index contributed by atoms with van der Waals surface area (Å²) in [5.74, 6) is -1.22. The Kier molecular flexibility index (Phi) is 7.31. The van der Waals surface area contributed by atoms with Crippen molar-refractivity contribution in [3.63, 3.8) is 0 Å². The molecule has 2 aromatic rings. The molecule has 1 aromatic heterocycles. The summed E-state index contributed by atoms with van der Waals surface area (Å²) < 4.78 is 0. The standard InChI is InChI=1S/C22H28N6O5/c1-11(9-14-10-25-19-17(14)18(23)27-22(24)28-19)8-12-2-4-13(5-3-12)20(31)26-15(21(32)33)6-7-16(29)30/h2-5,11,14-15H,6-10H2,1H3,(H,26,31)(H,29,30)(H,32,33)(H5,23,24,25,27,28)/t11?,14?,15-/m0/s1. The number of carbonyl (C=O) groups is 3. The van der Waals surface area contributed by atoms with Crippen molar-refractivity contribution in [3.8, 4) is 0 Å². The predicted molar refractivity (Wildman–Crippen MR) is 122 cm³/mol. The number of anilines is 3. The van der Waals surface area contributed by atoms with Gasteiger partial charge in [-0.3, -0.25) is 9.59 Å². The molecule has 0 saturated carbocycles. The number of hydrogen-bond acceptors (Lipinski definition) is 8. The minimum absolute atomic E-state index is 0.146. The summed E-state index contributed by atoms with van der Waals surface area (Å²) in [5.41, 5.74) is 14.0. The van der Waals surface area contributed by atoms with Gasteiger partial charge in [-0.1, -0.05) is 19.1 Å². The number of hydrogen-bond donors (Lipinski definition) is 6. The third-order valence-corrected chi connectivity index (χ3v) is 5.65. The van der Waals surface area contributed by atoms with Crippen LogP contribution in [0.3, 0.4) is 0 Å². The van der Waals surface area contributed by atoms with Crippen LogP contribution >= 0.6 is 0 Å². The monoisotopic (exact) mass is 456 g/mol. The summed E-state index contributed by atoms with van der Waals surface area (Å²) in [6, 6.07) is 5.67. The molecule has 2 unspecified atom stereocenters. The molecule has 0 radical (unpaired) electrons. The maximum atomic E-state index is 12.4. The average molecular weight is 457 g/mol. The zero-order valence-electron chi connectivity index (χ0n) is 18.2. The highest BCUT2D eigenvalue weighted by molar-refractivity contribution is 5.96. The van der Waals surface area contributed by atoms with Gasteiger partial charge in [0, 0.05) is 30.0 Å². The van der Waals surface area contributed by atoms with Gasteiger partial charge in [0.05, 0.1) is 0 Å². The zero-order valence-corrected chi connectivity index (χ0v) is 18.2. The smallest absolute Gasteiger partial charge is 0.326 e. The van der Waals surface area contributed by atoms with Gasteiger partial charge in [0.2, 0.25) is 5.95 Å². The van der Waals surface area contributed by atoms with Crippen LogP contribution in [0.15, 0.2) is 24.3 Å². The van der Waals surface area contributed by atoms with E-state index < -0.39 is 23.9 Å². The molecule has 1 aliphatic heterocycles. The molecule has 2 heterocycles. The number of benzene rings is 1. The van der Waals surface area contributed by atoms with Crippen molar-refractivity contribution in [2.75, 3.05) is 23.3 Å². The third kappa shape index (κ3) is 6.09. The number of amides is 1. The number of aliphatic carboxylic acids is 2. The number of nitrogens with two attached hydrogens (primary N) is 2. The van der Waals surface area contributed by atoms with Crippen LogP contribution in [0, 0.1) is 5.92 Å². The van der Waals surface area contributed by atoms with Gasteiger partial charge in [-0.25, -0.2) is 4.79 Å². The maximum Gasteiger partial charge on any atom is 0.326 e. The molecular weight excluding hydrogens is 428 g/mol. The first kappa shape index (κ1) is 23.8. The number of aromatic nitrogens is 2. The van der Waals surface area contributed by atoms with Crippen LogP contribution in [-0.4, -0.2) is 50.6 Å². The summed E-state index contributed by atoms with van der Waals surface area (Å²) in [6.07, 6.45) is 1.11. The molecule has 1 aromatic carbocycles. The molecular formula is C22H28N6O5. The van der Waals surface area contributed by atoms with E-state index in [0.29, 0.717) is 29.7 Å². The Morgan fingerprint density at radius 1 is 1.18 bits per heavy atom. The average Bonchev–Trinajstić information content (AvgIpc) is 3.13. The Morgan fingerprint density at radius 2 is 1.88 bits per heavy atom. The van der Waals surface area contributed by atoms with Gasteiger partial charge in [-0.05, 0) is 42.9 Å². The maximum absolute atomic E-state index is 12.4. The number of fused-ring (bicyclic) bond motifs is 1. The van der Waals surface area contributed by atoms with Crippen LogP contribution < -0.4 is 22.1 Å². The number of rotatable bonds is 10. The van der Waals surface area contributed by atoms with E-state index in [9.17, 15) is 19.5 Å². The van der Waals surface area contributed by atoms with Crippen LogP contribution in [0.2, 0.25) is 0 Å². The van der Waals surface area contributed by atoms with Crippen LogP contribution in [-0.2, 0) is 16.0 Å². The topological polar surface area (TPSA) is 194 Å². The lowest BCUT2D eigenvalue weighted by Crippen LogP contribution is -2.41. The van der Waals surface area contributed by atoms with E-state index in [4.69, 9.17) is 16.6 Å². The van der Waals surface area contributed by atoms with E-state index in [2.05, 4.69) is 27.5 Å². The molecule has 33 heavy (non-hydrogen) atoms. The van der Waals surface area contributed by atoms with Crippen molar-refractivity contribution >= 4 is 35.4 Å². The first-order valence-electron chi connectivity index (χ1n) is 10.6. The Labute approximate surface area is 190 Å². The van der Waals surface area contributed by atoms with E-state index in [1.165, 1.54) is 0 Å². The molecule has 1 amide bonds. The number of carboxylic acids is 2. The minimum Gasteiger partial charge on any atom is -0.481 e. The van der Waals surface area contributed by atoms with Crippen molar-refractivity contribution < 1.29 is 24.6 Å². The molecule has 0 spiro atoms. The van der Waals surface area contributed by atoms with Gasteiger partial charge in [-0.2, -0.15) is 9.97 Å². The van der Waals surface area contributed by atoms with E-state index in [0.717, 1.165) is 24.0 Å². The second-order valence-electron chi connectivity index (χ2n) is 8.35. The van der Waals surface area contributed by atoms with E-state index >= 15 is 0 Å². The molecule has 176 valence electrons. The van der Waals surface area contributed by atoms with Crippen molar-refractivity contribution in [1.82, 2.24) is 15.3 Å². The van der Waals surface area contributed by atoms with Gasteiger partial charge in [0.1, 0.15) is 17.7 Å². The summed E-state index contributed by atoms with van der Waals surface area (Å²) in [5, 5.41) is 23.5. The first-order chi connectivity index (χ1) is 15.6. The van der Waals surface area contributed by atoms with Gasteiger partial charge >= 0.3 is 11.9 Å². The SMILES string of the molecule is CC(Cc1ccc(C(=O)N[C@@H](CCC(=O)O)C(=O)O)cc1)CC1CNc2nc(N)nc(N)c21. The number of nitrogen functional groups attached to an aromatic ring is 2. The lowest BCUT2D eigenvalue weighted by Gasteiger charge is -2.18. The summed E-state index contributed by atoms with van der Waals surface area (Å²) in [4.78, 5) is 42.6. The van der Waals surface area contributed by atoms with Crippen LogP contribution in [0.4, 0.5) is 17.6 Å². The molecule has 0 saturated heterocycles. The Morgan fingerprint density at radius 3 is 2.52 bits per heavy atom. The van der Waals surface area contributed by atoms with Crippen LogP contribution in [0.25, 0.3) is 0 Å². The van der Waals surface area contributed by atoms with E-state index in [1.807, 2.05) is 12.1 Å². The van der Waals surface area contributed by atoms with Gasteiger partial charge < -0.3 is 32.3 Å². The number of nitrogens with one attached hydrogen (secondary N) is 2. The normalized spacial score (nSPS) is 16.3. The van der Waals surface area contributed by atoms with E-state index in [-0.39, 0.29) is 24.7 Å². The molecule has 3 atom stereocenters. The summed E-state index contributed by atoms with van der Waals surface area (Å²) >= 11 is 0. The second kappa shape index (κ2) is 10.2. The highest BCUT2D eigenvalue weighted by Gasteiger charge is 2.28. The largest absolute Gasteiger partial charge is 0.481 e. The lowest BCUT2D eigenvalue weighted by molar-refractivity contribution is -0.140. The molecule has 0 fully saturated rings. The highest BCUT2D eigenvalue weighted by Crippen LogP contribution is 2.38. The fourth-order valence-electron chi connectivity index (χ4n) is 4.10. The number of nitrogens with zero attached hydrogens (tertiary/aromatic N) is 2. The van der Waals surface area contributed by atoms with Crippen LogP contribution in [0.1, 0.15) is 53.6 Å². The van der Waals surface area contributed by atoms with Gasteiger partial charge in [-0.15, -0.1) is 0 Å². The number of carbonyl (C=O) groups excluding carboxylic acids is 1. The molecule has 11 nitrogen and oxygen atoms in total.